The molecule has 2 rings (SSSR count). The minimum atomic E-state index is -1.04. The van der Waals surface area contributed by atoms with E-state index in [1.807, 2.05) is 0 Å². The molecule has 0 aliphatic carbocycles. The Labute approximate surface area is 73.6 Å². The zero-order valence-electron chi connectivity index (χ0n) is 6.93. The molecule has 66 valence electrons. The molecule has 0 atom stereocenters. The number of nitrogens with zero attached hydrogens (tertiary/aromatic N) is 3. The lowest BCUT2D eigenvalue weighted by Crippen LogP contribution is -2.03. The first-order valence-electron chi connectivity index (χ1n) is 3.73. The highest BCUT2D eigenvalue weighted by Gasteiger charge is 2.10. The third kappa shape index (κ3) is 1.14. The fraction of sp³-hybridized carbons (Fsp3) is 0.125. The van der Waals surface area contributed by atoms with Gasteiger partial charge in [0.05, 0.1) is 11.2 Å². The highest BCUT2D eigenvalue weighted by Crippen LogP contribution is 2.08. The van der Waals surface area contributed by atoms with Crippen LogP contribution in [0.15, 0.2) is 18.5 Å². The average molecular weight is 177 g/mol. The molecule has 0 radical (unpaired) electrons. The number of carboxylic acids is 1. The molecule has 5 nitrogen and oxygen atoms in total. The molecule has 0 fully saturated rings. The van der Waals surface area contributed by atoms with E-state index in [2.05, 4.69) is 10.1 Å². The van der Waals surface area contributed by atoms with Gasteiger partial charge < -0.3 is 5.11 Å². The van der Waals surface area contributed by atoms with E-state index < -0.39 is 5.97 Å². The Morgan fingerprint density at radius 2 is 2.38 bits per heavy atom. The zero-order chi connectivity index (χ0) is 9.42. The summed E-state index contributed by atoms with van der Waals surface area (Å²) in [6.07, 6.45) is 3.04. The van der Waals surface area contributed by atoms with Crippen molar-refractivity contribution < 1.29 is 9.90 Å². The van der Waals surface area contributed by atoms with E-state index in [4.69, 9.17) is 5.11 Å². The number of carboxylic acid groups (broad SMARTS) is 1. The molecule has 0 saturated carbocycles. The Kier molecular flexibility index (Phi) is 1.51. The van der Waals surface area contributed by atoms with Crippen LogP contribution in [0.2, 0.25) is 0 Å². The van der Waals surface area contributed by atoms with Crippen molar-refractivity contribution in [1.29, 1.82) is 0 Å². The summed E-state index contributed by atoms with van der Waals surface area (Å²) in [6.45, 7) is 1.80. The molecule has 0 saturated heterocycles. The van der Waals surface area contributed by atoms with Gasteiger partial charge in [0.15, 0.2) is 5.69 Å². The predicted molar refractivity (Wildman–Crippen MR) is 44.7 cm³/mol. The molecule has 2 aromatic rings. The number of aromatic nitrogens is 3. The van der Waals surface area contributed by atoms with Crippen molar-refractivity contribution in [3.05, 3.63) is 29.8 Å². The summed E-state index contributed by atoms with van der Waals surface area (Å²) >= 11 is 0. The van der Waals surface area contributed by atoms with Gasteiger partial charge in [-0.15, -0.1) is 0 Å². The lowest BCUT2D eigenvalue weighted by Gasteiger charge is -1.95. The van der Waals surface area contributed by atoms with Crippen molar-refractivity contribution in [2.24, 2.45) is 0 Å². The van der Waals surface area contributed by atoms with Gasteiger partial charge in [0.25, 0.3) is 0 Å². The van der Waals surface area contributed by atoms with Crippen LogP contribution in [0.4, 0.5) is 0 Å². The normalized spacial score (nSPS) is 10.5. The SMILES string of the molecule is Cc1cc2c(C(=O)O)nccn2n1. The van der Waals surface area contributed by atoms with Gasteiger partial charge >= 0.3 is 5.97 Å². The maximum Gasteiger partial charge on any atom is 0.356 e. The molecule has 2 aromatic heterocycles. The summed E-state index contributed by atoms with van der Waals surface area (Å²) in [6, 6.07) is 1.69. The molecular formula is C8H7N3O2. The average Bonchev–Trinajstić information content (AvgIpc) is 2.43. The summed E-state index contributed by atoms with van der Waals surface area (Å²) in [4.78, 5) is 14.5. The number of carbonyl (C=O) groups is 1. The van der Waals surface area contributed by atoms with Crippen molar-refractivity contribution in [3.8, 4) is 0 Å². The van der Waals surface area contributed by atoms with Gasteiger partial charge in [0.1, 0.15) is 0 Å². The second-order valence-electron chi connectivity index (χ2n) is 2.70. The van der Waals surface area contributed by atoms with E-state index in [0.717, 1.165) is 5.69 Å². The number of hydrogen-bond donors (Lipinski definition) is 1. The predicted octanol–water partition coefficient (Wildman–Crippen LogP) is 0.736. The van der Waals surface area contributed by atoms with Crippen molar-refractivity contribution in [2.75, 3.05) is 0 Å². The maximum atomic E-state index is 10.7. The first kappa shape index (κ1) is 7.72. The first-order valence-corrected chi connectivity index (χ1v) is 3.73. The Morgan fingerprint density at radius 3 is 3.08 bits per heavy atom. The third-order valence-electron chi connectivity index (χ3n) is 1.71. The summed E-state index contributed by atoms with van der Waals surface area (Å²) in [5.41, 5.74) is 1.33. The number of fused-ring (bicyclic) bond motifs is 1. The Balaban J connectivity index is 2.82. The highest BCUT2D eigenvalue weighted by atomic mass is 16.4. The second-order valence-corrected chi connectivity index (χ2v) is 2.70. The molecule has 0 bridgehead atoms. The lowest BCUT2D eigenvalue weighted by molar-refractivity contribution is 0.0692. The van der Waals surface area contributed by atoms with Gasteiger partial charge in [-0.3, -0.25) is 0 Å². The van der Waals surface area contributed by atoms with Crippen LogP contribution in [0.5, 0.6) is 0 Å². The molecule has 13 heavy (non-hydrogen) atoms. The minimum absolute atomic E-state index is 0.0306. The molecule has 0 aliphatic rings. The van der Waals surface area contributed by atoms with E-state index >= 15 is 0 Å². The van der Waals surface area contributed by atoms with Crippen LogP contribution in [-0.2, 0) is 0 Å². The maximum absolute atomic E-state index is 10.7. The van der Waals surface area contributed by atoms with Gasteiger partial charge in [-0.1, -0.05) is 0 Å². The van der Waals surface area contributed by atoms with E-state index in [0.29, 0.717) is 5.52 Å². The topological polar surface area (TPSA) is 67.5 Å². The molecule has 0 unspecified atom stereocenters. The molecule has 5 heteroatoms. The van der Waals surface area contributed by atoms with Crippen LogP contribution in [-0.4, -0.2) is 25.7 Å². The summed E-state index contributed by atoms with van der Waals surface area (Å²) in [5, 5.41) is 12.9. The summed E-state index contributed by atoms with van der Waals surface area (Å²) in [7, 11) is 0. The van der Waals surface area contributed by atoms with Crippen LogP contribution in [0.1, 0.15) is 16.2 Å². The molecular weight excluding hydrogens is 170 g/mol. The molecule has 0 aliphatic heterocycles. The standard InChI is InChI=1S/C8H7N3O2/c1-5-4-6-7(8(12)13)9-2-3-11(6)10-5/h2-4H,1H3,(H,12,13). The lowest BCUT2D eigenvalue weighted by atomic mass is 10.3. The Bertz CT molecular complexity index is 475. The quantitative estimate of drug-likeness (QED) is 0.697. The fourth-order valence-corrected chi connectivity index (χ4v) is 1.21. The Morgan fingerprint density at radius 1 is 1.62 bits per heavy atom. The van der Waals surface area contributed by atoms with Crippen LogP contribution in [0.25, 0.3) is 5.52 Å². The van der Waals surface area contributed by atoms with Gasteiger partial charge in [-0.05, 0) is 13.0 Å². The van der Waals surface area contributed by atoms with E-state index in [9.17, 15) is 4.79 Å². The van der Waals surface area contributed by atoms with E-state index in [-0.39, 0.29) is 5.69 Å². The van der Waals surface area contributed by atoms with E-state index in [1.54, 1.807) is 19.2 Å². The van der Waals surface area contributed by atoms with Crippen molar-refractivity contribution in [1.82, 2.24) is 14.6 Å². The number of aryl methyl sites for hydroxylation is 1. The molecule has 0 aromatic carbocycles. The van der Waals surface area contributed by atoms with Gasteiger partial charge in [0.2, 0.25) is 0 Å². The van der Waals surface area contributed by atoms with E-state index in [1.165, 1.54) is 10.7 Å². The third-order valence-corrected chi connectivity index (χ3v) is 1.71. The zero-order valence-corrected chi connectivity index (χ0v) is 6.93. The van der Waals surface area contributed by atoms with Crippen LogP contribution in [0, 0.1) is 6.92 Å². The number of aromatic carboxylic acids is 1. The summed E-state index contributed by atoms with van der Waals surface area (Å²) in [5.74, 6) is -1.04. The van der Waals surface area contributed by atoms with Gasteiger partial charge in [-0.25, -0.2) is 14.3 Å². The molecule has 0 spiro atoms. The summed E-state index contributed by atoms with van der Waals surface area (Å²) < 4.78 is 1.51. The van der Waals surface area contributed by atoms with Crippen LogP contribution >= 0.6 is 0 Å². The second kappa shape index (κ2) is 2.55. The first-order chi connectivity index (χ1) is 6.18. The van der Waals surface area contributed by atoms with Gasteiger partial charge in [0, 0.05) is 12.4 Å². The van der Waals surface area contributed by atoms with Crippen LogP contribution in [0.3, 0.4) is 0 Å². The number of hydrogen-bond acceptors (Lipinski definition) is 3. The molecule has 2 heterocycles. The van der Waals surface area contributed by atoms with Crippen molar-refractivity contribution in [3.63, 3.8) is 0 Å². The smallest absolute Gasteiger partial charge is 0.356 e. The molecule has 0 amide bonds. The van der Waals surface area contributed by atoms with Crippen LogP contribution < -0.4 is 0 Å². The van der Waals surface area contributed by atoms with Crippen molar-refractivity contribution >= 4 is 11.5 Å². The molecule has 1 N–H and O–H groups in total. The van der Waals surface area contributed by atoms with Crippen molar-refractivity contribution in [2.45, 2.75) is 6.92 Å². The monoisotopic (exact) mass is 177 g/mol. The fourth-order valence-electron chi connectivity index (χ4n) is 1.21. The largest absolute Gasteiger partial charge is 0.476 e. The minimum Gasteiger partial charge on any atom is -0.476 e. The van der Waals surface area contributed by atoms with Gasteiger partial charge in [-0.2, -0.15) is 5.10 Å². The number of rotatable bonds is 1. The highest BCUT2D eigenvalue weighted by molar-refractivity contribution is 5.93. The Hall–Kier alpha value is -1.91.